The molecule has 1 fully saturated rings. The number of nitrogens with zero attached hydrogens (tertiary/aromatic N) is 1. The molecule has 1 rings (SSSR count). The van der Waals surface area contributed by atoms with Gasteiger partial charge in [0.25, 0.3) is 5.09 Å². The van der Waals surface area contributed by atoms with E-state index in [1.54, 1.807) is 6.92 Å². The van der Waals surface area contributed by atoms with Crippen molar-refractivity contribution in [3.63, 3.8) is 0 Å². The number of carbonyl (C=O) groups is 1. The first-order chi connectivity index (χ1) is 7.13. The van der Waals surface area contributed by atoms with Crippen LogP contribution >= 0.6 is 0 Å². The van der Waals surface area contributed by atoms with Crippen molar-refractivity contribution in [2.24, 2.45) is 5.92 Å². The summed E-state index contributed by atoms with van der Waals surface area (Å²) < 4.78 is 4.88. The van der Waals surface area contributed by atoms with Crippen LogP contribution in [0, 0.1) is 16.0 Å². The van der Waals surface area contributed by atoms with Crippen LogP contribution in [0.25, 0.3) is 0 Å². The summed E-state index contributed by atoms with van der Waals surface area (Å²) in [5.41, 5.74) is 0. The summed E-state index contributed by atoms with van der Waals surface area (Å²) in [6.45, 7) is 2.14. The van der Waals surface area contributed by atoms with Crippen LogP contribution in [0.5, 0.6) is 0 Å². The largest absolute Gasteiger partial charge is 0.466 e. The molecule has 0 spiro atoms. The molecule has 0 heterocycles. The van der Waals surface area contributed by atoms with Crippen molar-refractivity contribution in [3.05, 3.63) is 10.1 Å². The third-order valence-electron chi connectivity index (χ3n) is 2.53. The van der Waals surface area contributed by atoms with Gasteiger partial charge in [0.05, 0.1) is 12.5 Å². The molecule has 0 amide bonds. The predicted molar refractivity (Wildman–Crippen MR) is 50.5 cm³/mol. The molecule has 1 aliphatic rings. The zero-order chi connectivity index (χ0) is 11.3. The average molecular weight is 217 g/mol. The molecule has 6 heteroatoms. The van der Waals surface area contributed by atoms with Crippen molar-refractivity contribution >= 4 is 5.97 Å². The van der Waals surface area contributed by atoms with Gasteiger partial charge in [0.1, 0.15) is 6.10 Å². The van der Waals surface area contributed by atoms with E-state index >= 15 is 0 Å². The van der Waals surface area contributed by atoms with E-state index in [9.17, 15) is 14.9 Å². The summed E-state index contributed by atoms with van der Waals surface area (Å²) in [6, 6.07) is 0. The third-order valence-corrected chi connectivity index (χ3v) is 2.53. The van der Waals surface area contributed by atoms with E-state index in [1.807, 2.05) is 0 Å². The highest BCUT2D eigenvalue weighted by Gasteiger charge is 2.28. The molecule has 1 aliphatic carbocycles. The molecule has 0 radical (unpaired) electrons. The maximum Gasteiger partial charge on any atom is 0.308 e. The quantitative estimate of drug-likeness (QED) is 0.403. The molecule has 86 valence electrons. The Bertz CT molecular complexity index is 235. The Hall–Kier alpha value is -1.33. The van der Waals surface area contributed by atoms with Crippen LogP contribution in [0.3, 0.4) is 0 Å². The minimum Gasteiger partial charge on any atom is -0.466 e. The summed E-state index contributed by atoms with van der Waals surface area (Å²) in [5, 5.41) is 9.31. The van der Waals surface area contributed by atoms with Gasteiger partial charge < -0.3 is 9.57 Å². The number of hydrogen-bond donors (Lipinski definition) is 0. The van der Waals surface area contributed by atoms with E-state index in [2.05, 4.69) is 4.84 Å². The van der Waals surface area contributed by atoms with E-state index < -0.39 is 5.09 Å². The van der Waals surface area contributed by atoms with Crippen LogP contribution < -0.4 is 0 Å². The zero-order valence-electron chi connectivity index (χ0n) is 8.68. The Balaban J connectivity index is 2.29. The minimum atomic E-state index is -0.768. The highest BCUT2D eigenvalue weighted by atomic mass is 17.0. The molecule has 0 bridgehead atoms. The normalized spacial score (nSPS) is 25.7. The molecule has 0 aliphatic heterocycles. The maximum atomic E-state index is 11.3. The molecule has 0 N–H and O–H groups in total. The van der Waals surface area contributed by atoms with Gasteiger partial charge in [-0.15, -0.1) is 10.1 Å². The molecular formula is C9H15NO5. The SMILES string of the molecule is CCOC(=O)C1CCC(O[N+](=O)[O-])CC1. The Morgan fingerprint density at radius 2 is 2.00 bits per heavy atom. The lowest BCUT2D eigenvalue weighted by Crippen LogP contribution is -2.28. The monoisotopic (exact) mass is 217 g/mol. The molecule has 0 saturated heterocycles. The first-order valence-electron chi connectivity index (χ1n) is 5.11. The van der Waals surface area contributed by atoms with Crippen molar-refractivity contribution in [1.82, 2.24) is 0 Å². The fraction of sp³-hybridized carbons (Fsp3) is 0.889. The van der Waals surface area contributed by atoms with Gasteiger partial charge in [0, 0.05) is 0 Å². The smallest absolute Gasteiger partial charge is 0.308 e. The Labute approximate surface area is 87.6 Å². The van der Waals surface area contributed by atoms with Crippen LogP contribution in [0.4, 0.5) is 0 Å². The standard InChI is InChI=1S/C9H15NO5/c1-2-14-9(11)7-3-5-8(6-4-7)15-10(12)13/h7-8H,2-6H2,1H3. The summed E-state index contributed by atoms with van der Waals surface area (Å²) in [5.74, 6) is -0.311. The van der Waals surface area contributed by atoms with Crippen molar-refractivity contribution in [2.45, 2.75) is 38.7 Å². The second-order valence-electron chi connectivity index (χ2n) is 3.55. The number of esters is 1. The topological polar surface area (TPSA) is 78.7 Å². The highest BCUT2D eigenvalue weighted by Crippen LogP contribution is 2.27. The molecule has 0 aromatic carbocycles. The van der Waals surface area contributed by atoms with Crippen LogP contribution in [0.15, 0.2) is 0 Å². The van der Waals surface area contributed by atoms with Gasteiger partial charge in [-0.3, -0.25) is 4.79 Å². The lowest BCUT2D eigenvalue weighted by atomic mass is 9.87. The van der Waals surface area contributed by atoms with E-state index in [0.29, 0.717) is 32.3 Å². The van der Waals surface area contributed by atoms with Gasteiger partial charge in [-0.2, -0.15) is 0 Å². The molecule has 0 atom stereocenters. The average Bonchev–Trinajstić information content (AvgIpc) is 2.18. The van der Waals surface area contributed by atoms with Crippen molar-refractivity contribution in [3.8, 4) is 0 Å². The van der Waals surface area contributed by atoms with Gasteiger partial charge in [-0.1, -0.05) is 0 Å². The number of carbonyl (C=O) groups excluding carboxylic acids is 1. The predicted octanol–water partition coefficient (Wildman–Crippen LogP) is 1.32. The van der Waals surface area contributed by atoms with Crippen LogP contribution in [0.2, 0.25) is 0 Å². The van der Waals surface area contributed by atoms with Crippen molar-refractivity contribution in [1.29, 1.82) is 0 Å². The number of rotatable bonds is 4. The fourth-order valence-corrected chi connectivity index (χ4v) is 1.79. The maximum absolute atomic E-state index is 11.3. The van der Waals surface area contributed by atoms with Crippen molar-refractivity contribution < 1.29 is 19.5 Å². The summed E-state index contributed by atoms with van der Waals surface area (Å²) in [7, 11) is 0. The first-order valence-corrected chi connectivity index (χ1v) is 5.11. The summed E-state index contributed by atoms with van der Waals surface area (Å²) in [6.07, 6.45) is 1.95. The van der Waals surface area contributed by atoms with Crippen LogP contribution in [-0.2, 0) is 14.4 Å². The lowest BCUT2D eigenvalue weighted by molar-refractivity contribution is -0.769. The fourth-order valence-electron chi connectivity index (χ4n) is 1.79. The highest BCUT2D eigenvalue weighted by molar-refractivity contribution is 5.72. The van der Waals surface area contributed by atoms with Gasteiger partial charge in [-0.25, -0.2) is 0 Å². The van der Waals surface area contributed by atoms with E-state index in [-0.39, 0.29) is 18.0 Å². The van der Waals surface area contributed by atoms with Crippen LogP contribution in [-0.4, -0.2) is 23.8 Å². The molecule has 0 unspecified atom stereocenters. The number of hydrogen-bond acceptors (Lipinski definition) is 5. The van der Waals surface area contributed by atoms with E-state index in [0.717, 1.165) is 0 Å². The third kappa shape index (κ3) is 3.73. The molecule has 6 nitrogen and oxygen atoms in total. The Kier molecular flexibility index (Phi) is 4.33. The minimum absolute atomic E-state index is 0.114. The van der Waals surface area contributed by atoms with Gasteiger partial charge in [0.2, 0.25) is 0 Å². The second kappa shape index (κ2) is 5.53. The van der Waals surface area contributed by atoms with E-state index in [4.69, 9.17) is 4.74 Å². The Morgan fingerprint density at radius 1 is 1.40 bits per heavy atom. The Morgan fingerprint density at radius 3 is 2.47 bits per heavy atom. The van der Waals surface area contributed by atoms with Gasteiger partial charge in [-0.05, 0) is 32.6 Å². The molecule has 0 aromatic heterocycles. The van der Waals surface area contributed by atoms with Gasteiger partial charge in [0.15, 0.2) is 0 Å². The molecular weight excluding hydrogens is 202 g/mol. The van der Waals surface area contributed by atoms with E-state index in [1.165, 1.54) is 0 Å². The summed E-state index contributed by atoms with van der Waals surface area (Å²) >= 11 is 0. The second-order valence-corrected chi connectivity index (χ2v) is 3.55. The molecule has 15 heavy (non-hydrogen) atoms. The van der Waals surface area contributed by atoms with Crippen LogP contribution in [0.1, 0.15) is 32.6 Å². The molecule has 0 aromatic rings. The zero-order valence-corrected chi connectivity index (χ0v) is 8.68. The first kappa shape index (κ1) is 11.7. The van der Waals surface area contributed by atoms with Gasteiger partial charge >= 0.3 is 5.97 Å². The lowest BCUT2D eigenvalue weighted by Gasteiger charge is -2.25. The number of ether oxygens (including phenoxy) is 1. The summed E-state index contributed by atoms with van der Waals surface area (Å²) in [4.78, 5) is 25.9. The molecule has 1 saturated carbocycles. The van der Waals surface area contributed by atoms with Crippen molar-refractivity contribution in [2.75, 3.05) is 6.61 Å².